The van der Waals surface area contributed by atoms with Crippen LogP contribution in [-0.2, 0) is 6.42 Å². The Balaban J connectivity index is 1.75. The first-order valence-electron chi connectivity index (χ1n) is 6.41. The highest BCUT2D eigenvalue weighted by molar-refractivity contribution is 5.78. The first kappa shape index (κ1) is 10.7. The van der Waals surface area contributed by atoms with Gasteiger partial charge in [-0.25, -0.2) is 0 Å². The van der Waals surface area contributed by atoms with Crippen LogP contribution in [0.25, 0.3) is 10.9 Å². The van der Waals surface area contributed by atoms with Crippen LogP contribution >= 0.6 is 0 Å². The van der Waals surface area contributed by atoms with Gasteiger partial charge in [0, 0.05) is 23.5 Å². The summed E-state index contributed by atoms with van der Waals surface area (Å²) in [5, 5.41) is 1.20. The number of rotatable bonds is 4. The fourth-order valence-electron chi connectivity index (χ4n) is 2.36. The summed E-state index contributed by atoms with van der Waals surface area (Å²) < 4.78 is 0. The third-order valence-electron chi connectivity index (χ3n) is 3.46. The van der Waals surface area contributed by atoms with E-state index in [4.69, 9.17) is 5.73 Å². The Bertz CT molecular complexity index is 517. The molecule has 2 aromatic rings. The summed E-state index contributed by atoms with van der Waals surface area (Å²) in [5.41, 5.74) is 8.35. The number of aromatic nitrogens is 1. The lowest BCUT2D eigenvalue weighted by atomic mass is 10.0. The van der Waals surface area contributed by atoms with Gasteiger partial charge >= 0.3 is 0 Å². The van der Waals surface area contributed by atoms with Crippen molar-refractivity contribution < 1.29 is 0 Å². The fraction of sp³-hybridized carbons (Fsp3) is 0.400. The van der Waals surface area contributed by atoms with Gasteiger partial charge in [0.25, 0.3) is 0 Å². The molecule has 1 aliphatic carbocycles. The minimum absolute atomic E-state index is 0.274. The highest BCUT2D eigenvalue weighted by atomic mass is 14.7. The maximum Gasteiger partial charge on any atom is 0.0705 e. The lowest BCUT2D eigenvalue weighted by Gasteiger charge is -2.10. The number of para-hydroxylation sites is 1. The minimum Gasteiger partial charge on any atom is -0.327 e. The van der Waals surface area contributed by atoms with Gasteiger partial charge in [-0.15, -0.1) is 0 Å². The Morgan fingerprint density at radius 2 is 2.00 bits per heavy atom. The van der Waals surface area contributed by atoms with E-state index in [1.54, 1.807) is 0 Å². The first-order chi connectivity index (χ1) is 8.31. The van der Waals surface area contributed by atoms with Crippen molar-refractivity contribution in [1.29, 1.82) is 0 Å². The van der Waals surface area contributed by atoms with Gasteiger partial charge in [-0.05, 0) is 24.5 Å². The molecule has 1 saturated carbocycles. The minimum atomic E-state index is 0.274. The van der Waals surface area contributed by atoms with Gasteiger partial charge in [-0.1, -0.05) is 37.1 Å². The van der Waals surface area contributed by atoms with E-state index in [-0.39, 0.29) is 6.04 Å². The summed E-state index contributed by atoms with van der Waals surface area (Å²) in [7, 11) is 0. The highest BCUT2D eigenvalue weighted by Crippen LogP contribution is 2.33. The van der Waals surface area contributed by atoms with Crippen LogP contribution in [0.3, 0.4) is 0 Å². The molecule has 88 valence electrons. The zero-order valence-electron chi connectivity index (χ0n) is 9.97. The molecule has 0 amide bonds. The van der Waals surface area contributed by atoms with Crippen molar-refractivity contribution in [2.24, 2.45) is 11.7 Å². The molecule has 1 atom stereocenters. The van der Waals surface area contributed by atoms with E-state index in [1.807, 2.05) is 12.1 Å². The molecule has 0 radical (unpaired) electrons. The van der Waals surface area contributed by atoms with Crippen LogP contribution in [0, 0.1) is 5.92 Å². The normalized spacial score (nSPS) is 17.2. The molecule has 2 nitrogen and oxygen atoms in total. The van der Waals surface area contributed by atoms with Crippen molar-refractivity contribution in [3.8, 4) is 0 Å². The van der Waals surface area contributed by atoms with Crippen molar-refractivity contribution in [2.45, 2.75) is 31.7 Å². The maximum absolute atomic E-state index is 6.15. The van der Waals surface area contributed by atoms with Crippen molar-refractivity contribution >= 4 is 10.9 Å². The van der Waals surface area contributed by atoms with Gasteiger partial charge in [-0.3, -0.25) is 4.98 Å². The number of nitrogens with zero attached hydrogens (tertiary/aromatic N) is 1. The molecule has 1 fully saturated rings. The van der Waals surface area contributed by atoms with Crippen LogP contribution < -0.4 is 5.73 Å². The number of nitrogens with two attached hydrogens (primary N) is 1. The molecular weight excluding hydrogens is 208 g/mol. The van der Waals surface area contributed by atoms with Gasteiger partial charge in [0.2, 0.25) is 0 Å². The standard InChI is InChI=1S/C15H18N2/c16-13(9-11-5-6-11)10-14-8-7-12-3-1-2-4-15(12)17-14/h1-4,7-8,11,13H,5-6,9-10,16H2. The largest absolute Gasteiger partial charge is 0.327 e. The molecule has 17 heavy (non-hydrogen) atoms. The molecule has 0 aliphatic heterocycles. The summed E-state index contributed by atoms with van der Waals surface area (Å²) in [6.45, 7) is 0. The third kappa shape index (κ3) is 2.64. The predicted molar refractivity (Wildman–Crippen MR) is 70.8 cm³/mol. The average molecular weight is 226 g/mol. The lowest BCUT2D eigenvalue weighted by Crippen LogP contribution is -2.23. The Hall–Kier alpha value is -1.41. The molecule has 0 spiro atoms. The zero-order valence-corrected chi connectivity index (χ0v) is 9.97. The molecule has 1 aromatic heterocycles. The SMILES string of the molecule is NC(Cc1ccc2ccccc2n1)CC1CC1. The second-order valence-electron chi connectivity index (χ2n) is 5.14. The molecule has 0 saturated heterocycles. The quantitative estimate of drug-likeness (QED) is 0.870. The number of benzene rings is 1. The molecule has 3 rings (SSSR count). The van der Waals surface area contributed by atoms with E-state index in [2.05, 4.69) is 29.2 Å². The second-order valence-corrected chi connectivity index (χ2v) is 5.14. The molecular formula is C15H18N2. The molecule has 1 unspecified atom stereocenters. The lowest BCUT2D eigenvalue weighted by molar-refractivity contribution is 0.562. The Morgan fingerprint density at radius 1 is 1.18 bits per heavy atom. The second kappa shape index (κ2) is 4.46. The number of pyridine rings is 1. The van der Waals surface area contributed by atoms with Crippen molar-refractivity contribution in [2.75, 3.05) is 0 Å². The van der Waals surface area contributed by atoms with E-state index in [0.717, 1.165) is 30.0 Å². The van der Waals surface area contributed by atoms with Crippen LogP contribution in [0.2, 0.25) is 0 Å². The zero-order chi connectivity index (χ0) is 11.7. The van der Waals surface area contributed by atoms with E-state index in [1.165, 1.54) is 18.2 Å². The smallest absolute Gasteiger partial charge is 0.0705 e. The van der Waals surface area contributed by atoms with Crippen LogP contribution in [0.5, 0.6) is 0 Å². The molecule has 0 bridgehead atoms. The fourth-order valence-corrected chi connectivity index (χ4v) is 2.36. The third-order valence-corrected chi connectivity index (χ3v) is 3.46. The number of hydrogen-bond donors (Lipinski definition) is 1. The van der Waals surface area contributed by atoms with Gasteiger partial charge < -0.3 is 5.73 Å². The van der Waals surface area contributed by atoms with Gasteiger partial charge in [-0.2, -0.15) is 0 Å². The van der Waals surface area contributed by atoms with E-state index >= 15 is 0 Å². The Kier molecular flexibility index (Phi) is 2.81. The van der Waals surface area contributed by atoms with Crippen LogP contribution in [0.4, 0.5) is 0 Å². The van der Waals surface area contributed by atoms with E-state index in [9.17, 15) is 0 Å². The summed E-state index contributed by atoms with van der Waals surface area (Å²) >= 11 is 0. The summed E-state index contributed by atoms with van der Waals surface area (Å²) in [6.07, 6.45) is 4.81. The monoisotopic (exact) mass is 226 g/mol. The van der Waals surface area contributed by atoms with Gasteiger partial charge in [0.1, 0.15) is 0 Å². The van der Waals surface area contributed by atoms with E-state index in [0.29, 0.717) is 0 Å². The molecule has 1 aliphatic rings. The van der Waals surface area contributed by atoms with Crippen molar-refractivity contribution in [1.82, 2.24) is 4.98 Å². The summed E-state index contributed by atoms with van der Waals surface area (Å²) in [5.74, 6) is 0.894. The van der Waals surface area contributed by atoms with Crippen LogP contribution in [0.15, 0.2) is 36.4 Å². The molecule has 2 N–H and O–H groups in total. The molecule has 2 heteroatoms. The summed E-state index contributed by atoms with van der Waals surface area (Å²) in [6, 6.07) is 12.8. The van der Waals surface area contributed by atoms with Crippen LogP contribution in [0.1, 0.15) is 25.0 Å². The van der Waals surface area contributed by atoms with E-state index < -0.39 is 0 Å². The first-order valence-corrected chi connectivity index (χ1v) is 6.41. The van der Waals surface area contributed by atoms with Crippen LogP contribution in [-0.4, -0.2) is 11.0 Å². The maximum atomic E-state index is 6.15. The predicted octanol–water partition coefficient (Wildman–Crippen LogP) is 2.90. The molecule has 1 heterocycles. The Labute approximate surface area is 102 Å². The topological polar surface area (TPSA) is 38.9 Å². The number of hydrogen-bond acceptors (Lipinski definition) is 2. The molecule has 1 aromatic carbocycles. The van der Waals surface area contributed by atoms with Gasteiger partial charge in [0.05, 0.1) is 5.52 Å². The van der Waals surface area contributed by atoms with Gasteiger partial charge in [0.15, 0.2) is 0 Å². The van der Waals surface area contributed by atoms with Crippen molar-refractivity contribution in [3.05, 3.63) is 42.1 Å². The summed E-state index contributed by atoms with van der Waals surface area (Å²) in [4.78, 5) is 4.66. The Morgan fingerprint density at radius 3 is 2.82 bits per heavy atom. The van der Waals surface area contributed by atoms with Crippen molar-refractivity contribution in [3.63, 3.8) is 0 Å². The number of fused-ring (bicyclic) bond motifs is 1. The average Bonchev–Trinajstić information content (AvgIpc) is 3.12. The highest BCUT2D eigenvalue weighted by Gasteiger charge is 2.23.